The first-order valence-electron chi connectivity index (χ1n) is 9.86. The maximum atomic E-state index is 12.0. The Kier molecular flexibility index (Phi) is 5.63. The van der Waals surface area contributed by atoms with Crippen LogP contribution >= 0.6 is 11.8 Å². The van der Waals surface area contributed by atoms with E-state index in [1.165, 1.54) is 16.7 Å². The molecule has 2 aliphatic heterocycles. The van der Waals surface area contributed by atoms with E-state index in [1.54, 1.807) is 30.9 Å². The molecule has 8 heteroatoms. The van der Waals surface area contributed by atoms with Crippen LogP contribution in [0.2, 0.25) is 0 Å². The van der Waals surface area contributed by atoms with Crippen molar-refractivity contribution >= 4 is 38.4 Å². The van der Waals surface area contributed by atoms with Crippen molar-refractivity contribution in [1.82, 2.24) is 5.32 Å². The zero-order valence-corrected chi connectivity index (χ0v) is 18.9. The number of sulfone groups is 1. The Balaban J connectivity index is 1.69. The number of fused-ring (bicyclic) bond motifs is 1. The number of amides is 1. The molecule has 0 radical (unpaired) electrons. The van der Waals surface area contributed by atoms with Gasteiger partial charge in [-0.25, -0.2) is 8.42 Å². The molecule has 2 unspecified atom stereocenters. The van der Waals surface area contributed by atoms with Crippen molar-refractivity contribution in [3.63, 3.8) is 0 Å². The lowest BCUT2D eigenvalue weighted by atomic mass is 10.0. The molecule has 2 heterocycles. The molecule has 1 saturated heterocycles. The second-order valence-electron chi connectivity index (χ2n) is 7.85. The first-order valence-corrected chi connectivity index (χ1v) is 12.6. The summed E-state index contributed by atoms with van der Waals surface area (Å²) in [5.41, 5.74) is 5.10. The van der Waals surface area contributed by atoms with E-state index in [2.05, 4.69) is 42.3 Å². The third-order valence-corrected chi connectivity index (χ3v) is 8.78. The van der Waals surface area contributed by atoms with Crippen molar-refractivity contribution in [2.45, 2.75) is 31.7 Å². The smallest absolute Gasteiger partial charge is 0.251 e. The van der Waals surface area contributed by atoms with Crippen LogP contribution in [0.4, 0.5) is 5.69 Å². The monoisotopic (exact) mass is 443 g/mol. The molecule has 158 valence electrons. The predicted molar refractivity (Wildman–Crippen MR) is 123 cm³/mol. The number of anilines is 1. The van der Waals surface area contributed by atoms with Gasteiger partial charge < -0.3 is 10.2 Å². The highest BCUT2D eigenvalue weighted by Gasteiger charge is 2.44. The van der Waals surface area contributed by atoms with Gasteiger partial charge in [-0.05, 0) is 49.2 Å². The Bertz CT molecular complexity index is 1110. The van der Waals surface area contributed by atoms with Crippen molar-refractivity contribution in [3.05, 3.63) is 64.7 Å². The fraction of sp³-hybridized carbons (Fsp3) is 0.364. The Morgan fingerprint density at radius 3 is 2.57 bits per heavy atom. The van der Waals surface area contributed by atoms with E-state index in [9.17, 15) is 13.2 Å². The maximum Gasteiger partial charge on any atom is 0.251 e. The van der Waals surface area contributed by atoms with E-state index in [0.29, 0.717) is 12.1 Å². The van der Waals surface area contributed by atoms with Gasteiger partial charge in [-0.2, -0.15) is 0 Å². The fourth-order valence-electron chi connectivity index (χ4n) is 3.82. The van der Waals surface area contributed by atoms with Gasteiger partial charge in [0.05, 0.1) is 24.1 Å². The van der Waals surface area contributed by atoms with Crippen LogP contribution in [0.5, 0.6) is 0 Å². The normalized spacial score (nSPS) is 21.8. The number of rotatable bonds is 4. The van der Waals surface area contributed by atoms with E-state index in [1.807, 2.05) is 12.1 Å². The molecule has 1 N–H and O–H groups in total. The molecule has 2 aliphatic rings. The number of benzene rings is 2. The van der Waals surface area contributed by atoms with Gasteiger partial charge in [0.2, 0.25) is 0 Å². The standard InChI is InChI=1S/C22H25N3O3S2/c1-14-4-5-15(2)17(10-14)11-25(18-8-6-16(7-9-18)21(26)23-3)22-24-19-12-30(27,28)13-20(19)29-22/h4-10,19-20H,11-13H2,1-3H3,(H,23,26). The molecular weight excluding hydrogens is 418 g/mol. The minimum absolute atomic E-state index is 0.0174. The predicted octanol–water partition coefficient (Wildman–Crippen LogP) is 2.94. The van der Waals surface area contributed by atoms with E-state index in [4.69, 9.17) is 4.99 Å². The van der Waals surface area contributed by atoms with Crippen LogP contribution in [0.1, 0.15) is 27.0 Å². The van der Waals surface area contributed by atoms with Crippen molar-refractivity contribution in [3.8, 4) is 0 Å². The SMILES string of the molecule is CNC(=O)c1ccc(N(Cc2cc(C)ccc2C)C2=NC3CS(=O)(=O)CC3S2)cc1. The molecule has 1 fully saturated rings. The van der Waals surface area contributed by atoms with E-state index < -0.39 is 9.84 Å². The van der Waals surface area contributed by atoms with E-state index in [-0.39, 0.29) is 28.7 Å². The quantitative estimate of drug-likeness (QED) is 0.786. The second-order valence-corrected chi connectivity index (χ2v) is 11.2. The highest BCUT2D eigenvalue weighted by molar-refractivity contribution is 8.15. The first kappa shape index (κ1) is 20.9. The number of nitrogens with zero attached hydrogens (tertiary/aromatic N) is 2. The van der Waals surface area contributed by atoms with E-state index >= 15 is 0 Å². The molecule has 0 aromatic heterocycles. The minimum atomic E-state index is -3.00. The second kappa shape index (κ2) is 8.07. The summed E-state index contributed by atoms with van der Waals surface area (Å²) in [6.07, 6.45) is 0. The molecule has 2 aromatic rings. The zero-order chi connectivity index (χ0) is 21.5. The molecule has 2 aromatic carbocycles. The van der Waals surface area contributed by atoms with Crippen LogP contribution in [-0.2, 0) is 16.4 Å². The molecule has 0 bridgehead atoms. The summed E-state index contributed by atoms with van der Waals surface area (Å²) in [6, 6.07) is 13.6. The molecule has 0 aliphatic carbocycles. The molecule has 2 atom stereocenters. The zero-order valence-electron chi connectivity index (χ0n) is 17.3. The van der Waals surface area contributed by atoms with Crippen molar-refractivity contribution in [2.24, 2.45) is 4.99 Å². The summed E-state index contributed by atoms with van der Waals surface area (Å²) in [5, 5.41) is 3.46. The van der Waals surface area contributed by atoms with Crippen LogP contribution in [-0.4, -0.2) is 49.3 Å². The Hall–Kier alpha value is -2.32. The molecule has 4 rings (SSSR count). The summed E-state index contributed by atoms with van der Waals surface area (Å²) in [6.45, 7) is 4.79. The van der Waals surface area contributed by atoms with Gasteiger partial charge in [0, 0.05) is 23.5 Å². The molecule has 6 nitrogen and oxygen atoms in total. The average molecular weight is 444 g/mol. The first-order chi connectivity index (χ1) is 14.3. The molecule has 0 spiro atoms. The Morgan fingerprint density at radius 1 is 1.17 bits per heavy atom. The molecule has 30 heavy (non-hydrogen) atoms. The van der Waals surface area contributed by atoms with Crippen molar-refractivity contribution < 1.29 is 13.2 Å². The number of hydrogen-bond donors (Lipinski definition) is 1. The highest BCUT2D eigenvalue weighted by Crippen LogP contribution is 2.37. The van der Waals surface area contributed by atoms with Crippen molar-refractivity contribution in [2.75, 3.05) is 23.5 Å². The lowest BCUT2D eigenvalue weighted by molar-refractivity contribution is 0.0963. The lowest BCUT2D eigenvalue weighted by Gasteiger charge is -2.26. The number of hydrogen-bond acceptors (Lipinski definition) is 6. The minimum Gasteiger partial charge on any atom is -0.355 e. The number of carbonyl (C=O) groups is 1. The lowest BCUT2D eigenvalue weighted by Crippen LogP contribution is -2.28. The number of thioether (sulfide) groups is 1. The van der Waals surface area contributed by atoms with Crippen LogP contribution in [0.3, 0.4) is 0 Å². The topological polar surface area (TPSA) is 78.8 Å². The van der Waals surface area contributed by atoms with Gasteiger partial charge in [-0.1, -0.05) is 35.5 Å². The summed E-state index contributed by atoms with van der Waals surface area (Å²) < 4.78 is 23.9. The molecule has 0 saturated carbocycles. The van der Waals surface area contributed by atoms with Crippen LogP contribution < -0.4 is 10.2 Å². The van der Waals surface area contributed by atoms with Gasteiger partial charge in [0.25, 0.3) is 5.91 Å². The Morgan fingerprint density at radius 2 is 1.90 bits per heavy atom. The van der Waals surface area contributed by atoms with Gasteiger partial charge in [0.15, 0.2) is 15.0 Å². The van der Waals surface area contributed by atoms with Crippen LogP contribution in [0.25, 0.3) is 0 Å². The number of aliphatic imine (C=N–C) groups is 1. The Labute approximate surface area is 181 Å². The number of aryl methyl sites for hydroxylation is 2. The van der Waals surface area contributed by atoms with Crippen LogP contribution in [0.15, 0.2) is 47.5 Å². The highest BCUT2D eigenvalue weighted by atomic mass is 32.2. The third kappa shape index (κ3) is 4.25. The van der Waals surface area contributed by atoms with Crippen LogP contribution in [0, 0.1) is 13.8 Å². The van der Waals surface area contributed by atoms with Gasteiger partial charge in [-0.3, -0.25) is 9.79 Å². The summed E-state index contributed by atoms with van der Waals surface area (Å²) in [7, 11) is -1.39. The van der Waals surface area contributed by atoms with Gasteiger partial charge in [0.1, 0.15) is 0 Å². The summed E-state index contributed by atoms with van der Waals surface area (Å²) in [4.78, 5) is 18.8. The third-order valence-electron chi connectivity index (χ3n) is 5.54. The van der Waals surface area contributed by atoms with Gasteiger partial charge >= 0.3 is 0 Å². The largest absolute Gasteiger partial charge is 0.355 e. The van der Waals surface area contributed by atoms with E-state index in [0.717, 1.165) is 10.9 Å². The number of amidine groups is 1. The number of nitrogens with one attached hydrogen (secondary N) is 1. The summed E-state index contributed by atoms with van der Waals surface area (Å²) >= 11 is 1.55. The van der Waals surface area contributed by atoms with Crippen molar-refractivity contribution in [1.29, 1.82) is 0 Å². The fourth-order valence-corrected chi connectivity index (χ4v) is 7.60. The molecular formula is C22H25N3O3S2. The maximum absolute atomic E-state index is 12.0. The average Bonchev–Trinajstić information content (AvgIpc) is 3.21. The van der Waals surface area contributed by atoms with Gasteiger partial charge in [-0.15, -0.1) is 0 Å². The molecule has 1 amide bonds. The number of carbonyl (C=O) groups excluding carboxylic acids is 1. The summed E-state index contributed by atoms with van der Waals surface area (Å²) in [5.74, 6) is 0.179.